The monoisotopic (exact) mass is 201 g/mol. The molecule has 0 saturated heterocycles. The minimum Gasteiger partial charge on any atom is -0.378 e. The molecule has 74 valence electrons. The molecule has 4 heteroatoms. The van der Waals surface area contributed by atoms with E-state index in [4.69, 9.17) is 9.47 Å². The second kappa shape index (κ2) is 5.32. The number of aromatic nitrogens is 1. The van der Waals surface area contributed by atoms with Crippen LogP contribution >= 0.6 is 11.3 Å². The summed E-state index contributed by atoms with van der Waals surface area (Å²) in [6.45, 7) is 2.67. The van der Waals surface area contributed by atoms with E-state index in [0.29, 0.717) is 6.61 Å². The van der Waals surface area contributed by atoms with E-state index in [-0.39, 0.29) is 6.10 Å². The highest BCUT2D eigenvalue weighted by Gasteiger charge is 2.12. The molecule has 1 aromatic heterocycles. The van der Waals surface area contributed by atoms with Crippen molar-refractivity contribution in [1.82, 2.24) is 4.98 Å². The van der Waals surface area contributed by atoms with Crippen molar-refractivity contribution in [3.63, 3.8) is 0 Å². The van der Waals surface area contributed by atoms with Crippen LogP contribution in [0.4, 0.5) is 0 Å². The predicted molar refractivity (Wildman–Crippen MR) is 52.9 cm³/mol. The summed E-state index contributed by atoms with van der Waals surface area (Å²) in [5.41, 5.74) is 0.984. The number of hydrogen-bond acceptors (Lipinski definition) is 4. The smallest absolute Gasteiger partial charge is 0.122 e. The highest BCUT2D eigenvalue weighted by molar-refractivity contribution is 7.09. The summed E-state index contributed by atoms with van der Waals surface area (Å²) in [4.78, 5) is 4.41. The Morgan fingerprint density at radius 1 is 1.54 bits per heavy atom. The van der Waals surface area contributed by atoms with E-state index in [1.807, 2.05) is 5.38 Å². The van der Waals surface area contributed by atoms with Crippen molar-refractivity contribution in [1.29, 1.82) is 0 Å². The molecule has 1 atom stereocenters. The van der Waals surface area contributed by atoms with Gasteiger partial charge in [0.2, 0.25) is 0 Å². The lowest BCUT2D eigenvalue weighted by Crippen LogP contribution is -1.99. The molecule has 1 aromatic rings. The van der Waals surface area contributed by atoms with Gasteiger partial charge in [0.15, 0.2) is 0 Å². The molecule has 0 spiro atoms. The lowest BCUT2D eigenvalue weighted by Gasteiger charge is -2.08. The molecule has 0 aliphatic rings. The lowest BCUT2D eigenvalue weighted by atomic mass is 10.3. The maximum atomic E-state index is 5.28. The van der Waals surface area contributed by atoms with Gasteiger partial charge in [-0.15, -0.1) is 11.3 Å². The quantitative estimate of drug-likeness (QED) is 0.733. The molecule has 0 aliphatic carbocycles. The Kier molecular flexibility index (Phi) is 4.35. The zero-order chi connectivity index (χ0) is 9.68. The van der Waals surface area contributed by atoms with Crippen LogP contribution in [0.5, 0.6) is 0 Å². The van der Waals surface area contributed by atoms with Crippen LogP contribution in [0.1, 0.15) is 30.2 Å². The molecule has 0 amide bonds. The maximum absolute atomic E-state index is 5.28. The van der Waals surface area contributed by atoms with Gasteiger partial charge in [0.25, 0.3) is 0 Å². The Bertz CT molecular complexity index is 246. The summed E-state index contributed by atoms with van der Waals surface area (Å²) in [6, 6.07) is 0. The van der Waals surface area contributed by atoms with Crippen molar-refractivity contribution in [3.8, 4) is 0 Å². The SMILES string of the molecule is CCC(OC)c1nc(COC)cs1. The number of ether oxygens (including phenoxy) is 2. The maximum Gasteiger partial charge on any atom is 0.122 e. The highest BCUT2D eigenvalue weighted by Crippen LogP contribution is 2.23. The van der Waals surface area contributed by atoms with Gasteiger partial charge in [0, 0.05) is 19.6 Å². The number of nitrogens with zero attached hydrogens (tertiary/aromatic N) is 1. The topological polar surface area (TPSA) is 31.4 Å². The minimum atomic E-state index is 0.135. The fourth-order valence-electron chi connectivity index (χ4n) is 1.13. The molecule has 0 saturated carbocycles. The molecular weight excluding hydrogens is 186 g/mol. The third-order valence-corrected chi connectivity index (χ3v) is 2.78. The van der Waals surface area contributed by atoms with E-state index in [2.05, 4.69) is 11.9 Å². The molecule has 0 bridgehead atoms. The highest BCUT2D eigenvalue weighted by atomic mass is 32.1. The summed E-state index contributed by atoms with van der Waals surface area (Å²) in [6.07, 6.45) is 1.09. The van der Waals surface area contributed by atoms with Gasteiger partial charge < -0.3 is 9.47 Å². The lowest BCUT2D eigenvalue weighted by molar-refractivity contribution is 0.0992. The van der Waals surface area contributed by atoms with Gasteiger partial charge in [-0.05, 0) is 6.42 Å². The van der Waals surface area contributed by atoms with Gasteiger partial charge in [-0.2, -0.15) is 0 Å². The Balaban J connectivity index is 2.66. The first kappa shape index (κ1) is 10.6. The van der Waals surface area contributed by atoms with Crippen molar-refractivity contribution < 1.29 is 9.47 Å². The van der Waals surface area contributed by atoms with Crippen LogP contribution in [0.3, 0.4) is 0 Å². The van der Waals surface area contributed by atoms with Crippen molar-refractivity contribution >= 4 is 11.3 Å². The summed E-state index contributed by atoms with van der Waals surface area (Å²) in [5, 5.41) is 3.05. The molecule has 1 rings (SSSR count). The van der Waals surface area contributed by atoms with E-state index in [1.165, 1.54) is 0 Å². The van der Waals surface area contributed by atoms with Crippen molar-refractivity contribution in [2.75, 3.05) is 14.2 Å². The van der Waals surface area contributed by atoms with E-state index in [1.54, 1.807) is 25.6 Å². The third kappa shape index (κ3) is 2.76. The van der Waals surface area contributed by atoms with Crippen LogP contribution in [0.2, 0.25) is 0 Å². The normalized spacial score (nSPS) is 13.2. The Morgan fingerprint density at radius 3 is 2.85 bits per heavy atom. The average molecular weight is 201 g/mol. The molecule has 13 heavy (non-hydrogen) atoms. The van der Waals surface area contributed by atoms with Gasteiger partial charge in [-0.1, -0.05) is 6.92 Å². The van der Waals surface area contributed by atoms with E-state index in [9.17, 15) is 0 Å². The average Bonchev–Trinajstić information content (AvgIpc) is 2.56. The molecule has 0 aliphatic heterocycles. The van der Waals surface area contributed by atoms with Gasteiger partial charge in [-0.3, -0.25) is 0 Å². The van der Waals surface area contributed by atoms with Crippen LogP contribution in [0.15, 0.2) is 5.38 Å². The van der Waals surface area contributed by atoms with Crippen molar-refractivity contribution in [3.05, 3.63) is 16.1 Å². The van der Waals surface area contributed by atoms with E-state index in [0.717, 1.165) is 17.1 Å². The third-order valence-electron chi connectivity index (χ3n) is 1.79. The number of thiazole rings is 1. The van der Waals surface area contributed by atoms with Crippen molar-refractivity contribution in [2.45, 2.75) is 26.1 Å². The summed E-state index contributed by atoms with van der Waals surface area (Å²) >= 11 is 1.63. The summed E-state index contributed by atoms with van der Waals surface area (Å²) < 4.78 is 10.3. The molecule has 1 heterocycles. The fraction of sp³-hybridized carbons (Fsp3) is 0.667. The van der Waals surface area contributed by atoms with Gasteiger partial charge in [0.05, 0.1) is 12.3 Å². The first-order valence-electron chi connectivity index (χ1n) is 4.27. The molecule has 3 nitrogen and oxygen atoms in total. The molecule has 0 aromatic carbocycles. The summed E-state index contributed by atoms with van der Waals surface area (Å²) in [5.74, 6) is 0. The largest absolute Gasteiger partial charge is 0.378 e. The van der Waals surface area contributed by atoms with Crippen LogP contribution in [0, 0.1) is 0 Å². The number of methoxy groups -OCH3 is 2. The number of rotatable bonds is 5. The Labute approximate surface area is 82.7 Å². The standard InChI is InChI=1S/C9H15NO2S/c1-4-8(12-3)9-10-7(5-11-2)6-13-9/h6,8H,4-5H2,1-3H3. The van der Waals surface area contributed by atoms with Crippen molar-refractivity contribution in [2.24, 2.45) is 0 Å². The van der Waals surface area contributed by atoms with Crippen LogP contribution in [0.25, 0.3) is 0 Å². The van der Waals surface area contributed by atoms with Gasteiger partial charge in [-0.25, -0.2) is 4.98 Å². The Morgan fingerprint density at radius 2 is 2.31 bits per heavy atom. The molecule has 1 unspecified atom stereocenters. The molecule has 0 N–H and O–H groups in total. The van der Waals surface area contributed by atoms with E-state index >= 15 is 0 Å². The fourth-order valence-corrected chi connectivity index (χ4v) is 2.09. The van der Waals surface area contributed by atoms with Gasteiger partial charge in [0.1, 0.15) is 11.1 Å². The molecule has 0 radical (unpaired) electrons. The summed E-state index contributed by atoms with van der Waals surface area (Å²) in [7, 11) is 3.39. The Hall–Kier alpha value is -0.450. The first-order chi connectivity index (χ1) is 6.31. The molecular formula is C9H15NO2S. The second-order valence-electron chi connectivity index (χ2n) is 2.74. The van der Waals surface area contributed by atoms with Crippen LogP contribution in [-0.2, 0) is 16.1 Å². The van der Waals surface area contributed by atoms with Crippen LogP contribution < -0.4 is 0 Å². The van der Waals surface area contributed by atoms with Crippen LogP contribution in [-0.4, -0.2) is 19.2 Å². The number of hydrogen-bond donors (Lipinski definition) is 0. The van der Waals surface area contributed by atoms with E-state index < -0.39 is 0 Å². The minimum absolute atomic E-state index is 0.135. The zero-order valence-corrected chi connectivity index (χ0v) is 9.06. The molecule has 0 fully saturated rings. The second-order valence-corrected chi connectivity index (χ2v) is 3.63. The van der Waals surface area contributed by atoms with Gasteiger partial charge >= 0.3 is 0 Å². The predicted octanol–water partition coefficient (Wildman–Crippen LogP) is 2.39. The first-order valence-corrected chi connectivity index (χ1v) is 5.15. The zero-order valence-electron chi connectivity index (χ0n) is 8.24.